The van der Waals surface area contributed by atoms with Crippen molar-refractivity contribution in [2.75, 3.05) is 0 Å². The monoisotopic (exact) mass is 397 g/mol. The normalized spacial score (nSPS) is 19.8. The molecule has 146 valence electrons. The largest absolute Gasteiger partial charge is 0.433 e. The number of aliphatic hydroxyl groups is 1. The Balaban J connectivity index is 2.06. The highest BCUT2D eigenvalue weighted by atomic mass is 19.4. The quantitative estimate of drug-likeness (QED) is 0.564. The molecule has 0 spiro atoms. The molecule has 2 atom stereocenters. The summed E-state index contributed by atoms with van der Waals surface area (Å²) in [6.45, 7) is 0. The van der Waals surface area contributed by atoms with Crippen LogP contribution < -0.4 is 0 Å². The van der Waals surface area contributed by atoms with E-state index in [0.29, 0.717) is 11.6 Å². The van der Waals surface area contributed by atoms with Gasteiger partial charge in [0.15, 0.2) is 0 Å². The third-order valence-corrected chi connectivity index (χ3v) is 5.01. The van der Waals surface area contributed by atoms with Gasteiger partial charge in [0, 0.05) is 11.3 Å². The van der Waals surface area contributed by atoms with E-state index in [1.165, 1.54) is 6.07 Å². The molecular formula is C20H13F6NO. The standard InChI is InChI=1S/C20H13F6NO/c21-19(22,23)14-7-3-6-12-13(9-16(20(24,25)26)27-18(12)14)17-11-5-2-1-4-10(11)8-15(17)28/h1-7,9,15,17,28H,8H2. The Morgan fingerprint density at radius 1 is 0.857 bits per heavy atom. The van der Waals surface area contributed by atoms with Gasteiger partial charge < -0.3 is 5.11 Å². The average Bonchev–Trinajstić information content (AvgIpc) is 2.94. The number of halogens is 6. The molecule has 1 aromatic heterocycles. The number of benzene rings is 2. The van der Waals surface area contributed by atoms with Crippen molar-refractivity contribution < 1.29 is 31.4 Å². The fraction of sp³-hybridized carbons (Fsp3) is 0.250. The first kappa shape index (κ1) is 18.7. The third-order valence-electron chi connectivity index (χ3n) is 5.01. The lowest BCUT2D eigenvalue weighted by Gasteiger charge is -2.21. The van der Waals surface area contributed by atoms with E-state index in [1.54, 1.807) is 24.3 Å². The van der Waals surface area contributed by atoms with Crippen molar-refractivity contribution in [3.63, 3.8) is 0 Å². The number of fused-ring (bicyclic) bond motifs is 2. The van der Waals surface area contributed by atoms with Crippen LogP contribution in [0.5, 0.6) is 0 Å². The number of hydrogen-bond acceptors (Lipinski definition) is 2. The molecular weight excluding hydrogens is 384 g/mol. The van der Waals surface area contributed by atoms with Gasteiger partial charge in [-0.25, -0.2) is 4.98 Å². The Hall–Kier alpha value is -2.61. The molecule has 1 aliphatic rings. The molecule has 0 radical (unpaired) electrons. The van der Waals surface area contributed by atoms with E-state index in [1.807, 2.05) is 0 Å². The van der Waals surface area contributed by atoms with Gasteiger partial charge in [0.25, 0.3) is 0 Å². The van der Waals surface area contributed by atoms with Crippen molar-refractivity contribution in [1.82, 2.24) is 4.98 Å². The van der Waals surface area contributed by atoms with Crippen molar-refractivity contribution in [1.29, 1.82) is 0 Å². The summed E-state index contributed by atoms with van der Waals surface area (Å²) in [4.78, 5) is 3.30. The molecule has 0 aliphatic heterocycles. The van der Waals surface area contributed by atoms with Crippen LogP contribution in [0.15, 0.2) is 48.5 Å². The highest BCUT2D eigenvalue weighted by Crippen LogP contribution is 2.44. The first-order chi connectivity index (χ1) is 13.1. The van der Waals surface area contributed by atoms with Gasteiger partial charge in [0.1, 0.15) is 5.69 Å². The highest BCUT2D eigenvalue weighted by molar-refractivity contribution is 5.87. The Kier molecular flexibility index (Phi) is 4.15. The number of alkyl halides is 6. The van der Waals surface area contributed by atoms with Crippen LogP contribution in [-0.4, -0.2) is 16.2 Å². The van der Waals surface area contributed by atoms with Crippen LogP contribution in [0.1, 0.15) is 33.9 Å². The molecule has 0 saturated heterocycles. The topological polar surface area (TPSA) is 33.1 Å². The second-order valence-corrected chi connectivity index (χ2v) is 6.74. The number of para-hydroxylation sites is 1. The highest BCUT2D eigenvalue weighted by Gasteiger charge is 2.40. The smallest absolute Gasteiger partial charge is 0.392 e. The van der Waals surface area contributed by atoms with Crippen molar-refractivity contribution in [2.45, 2.75) is 30.8 Å². The van der Waals surface area contributed by atoms with Crippen molar-refractivity contribution in [2.24, 2.45) is 0 Å². The van der Waals surface area contributed by atoms with Crippen molar-refractivity contribution in [3.8, 4) is 0 Å². The van der Waals surface area contributed by atoms with E-state index in [0.717, 1.165) is 17.7 Å². The summed E-state index contributed by atoms with van der Waals surface area (Å²) < 4.78 is 80.4. The summed E-state index contributed by atoms with van der Waals surface area (Å²) in [5, 5.41) is 10.5. The van der Waals surface area contributed by atoms with E-state index in [4.69, 9.17) is 0 Å². The van der Waals surface area contributed by atoms with Gasteiger partial charge in [-0.1, -0.05) is 36.4 Å². The summed E-state index contributed by atoms with van der Waals surface area (Å²) in [5.41, 5.74) is -2.07. The lowest BCUT2D eigenvalue weighted by molar-refractivity contribution is -0.142. The lowest BCUT2D eigenvalue weighted by atomic mass is 9.88. The number of aromatic nitrogens is 1. The van der Waals surface area contributed by atoms with Crippen LogP contribution in [0.2, 0.25) is 0 Å². The summed E-state index contributed by atoms with van der Waals surface area (Å²) >= 11 is 0. The maximum atomic E-state index is 13.4. The molecule has 0 bridgehead atoms. The summed E-state index contributed by atoms with van der Waals surface area (Å²) in [6.07, 6.45) is -10.6. The van der Waals surface area contributed by atoms with Crippen LogP contribution in [0.25, 0.3) is 10.9 Å². The maximum absolute atomic E-state index is 13.4. The van der Waals surface area contributed by atoms with E-state index in [9.17, 15) is 31.4 Å². The molecule has 2 unspecified atom stereocenters. The predicted molar refractivity (Wildman–Crippen MR) is 89.7 cm³/mol. The van der Waals surface area contributed by atoms with Crippen molar-refractivity contribution >= 4 is 10.9 Å². The minimum Gasteiger partial charge on any atom is -0.392 e. The molecule has 8 heteroatoms. The third kappa shape index (κ3) is 3.01. The number of nitrogens with zero attached hydrogens (tertiary/aromatic N) is 1. The molecule has 1 aliphatic carbocycles. The van der Waals surface area contributed by atoms with E-state index < -0.39 is 41.1 Å². The van der Waals surface area contributed by atoms with Gasteiger partial charge in [-0.05, 0) is 35.2 Å². The van der Waals surface area contributed by atoms with Gasteiger partial charge in [-0.15, -0.1) is 0 Å². The van der Waals surface area contributed by atoms with Crippen molar-refractivity contribution in [3.05, 3.63) is 76.5 Å². The SMILES string of the molecule is OC1Cc2ccccc2C1c1cc(C(F)(F)F)nc2c(C(F)(F)F)cccc12. The molecule has 0 amide bonds. The molecule has 1 N–H and O–H groups in total. The Bertz CT molecular complexity index is 1060. The molecule has 4 rings (SSSR count). The number of aliphatic hydroxyl groups excluding tert-OH is 1. The first-order valence-electron chi connectivity index (χ1n) is 8.41. The summed E-state index contributed by atoms with van der Waals surface area (Å²) in [6, 6.07) is 10.7. The molecule has 0 saturated carbocycles. The Labute approximate surface area is 155 Å². The van der Waals surface area contributed by atoms with Crippen LogP contribution >= 0.6 is 0 Å². The molecule has 1 heterocycles. The van der Waals surface area contributed by atoms with Gasteiger partial charge in [-0.3, -0.25) is 0 Å². The second kappa shape index (κ2) is 6.20. The molecule has 3 aromatic rings. The number of pyridine rings is 1. The number of hydrogen-bond donors (Lipinski definition) is 1. The van der Waals surface area contributed by atoms with Gasteiger partial charge in [0.2, 0.25) is 0 Å². The minimum absolute atomic E-state index is 0.0131. The predicted octanol–water partition coefficient (Wildman–Crippen LogP) is 5.32. The van der Waals surface area contributed by atoms with Crippen LogP contribution in [-0.2, 0) is 18.8 Å². The fourth-order valence-electron chi connectivity index (χ4n) is 3.85. The van der Waals surface area contributed by atoms with Crippen LogP contribution in [0.4, 0.5) is 26.3 Å². The van der Waals surface area contributed by atoms with Gasteiger partial charge in [0.05, 0.1) is 17.2 Å². The summed E-state index contributed by atoms with van der Waals surface area (Å²) in [7, 11) is 0. The Morgan fingerprint density at radius 2 is 1.57 bits per heavy atom. The van der Waals surface area contributed by atoms with E-state index >= 15 is 0 Å². The minimum atomic E-state index is -4.93. The molecule has 2 nitrogen and oxygen atoms in total. The van der Waals surface area contributed by atoms with E-state index in [2.05, 4.69) is 4.98 Å². The zero-order valence-corrected chi connectivity index (χ0v) is 14.1. The zero-order chi connectivity index (χ0) is 20.3. The second-order valence-electron chi connectivity index (χ2n) is 6.74. The van der Waals surface area contributed by atoms with E-state index in [-0.39, 0.29) is 17.4 Å². The van der Waals surface area contributed by atoms with Crippen LogP contribution in [0, 0.1) is 0 Å². The van der Waals surface area contributed by atoms with Crippen LogP contribution in [0.3, 0.4) is 0 Å². The number of rotatable bonds is 1. The Morgan fingerprint density at radius 3 is 2.25 bits per heavy atom. The van der Waals surface area contributed by atoms with Gasteiger partial charge in [-0.2, -0.15) is 26.3 Å². The summed E-state index contributed by atoms with van der Waals surface area (Å²) in [5.74, 6) is -0.869. The first-order valence-corrected chi connectivity index (χ1v) is 8.41. The molecule has 2 aromatic carbocycles. The zero-order valence-electron chi connectivity index (χ0n) is 14.1. The lowest BCUT2D eigenvalue weighted by Crippen LogP contribution is -2.18. The average molecular weight is 397 g/mol. The molecule has 0 fully saturated rings. The van der Waals surface area contributed by atoms with Gasteiger partial charge >= 0.3 is 12.4 Å². The molecule has 28 heavy (non-hydrogen) atoms. The maximum Gasteiger partial charge on any atom is 0.433 e. The fourth-order valence-corrected chi connectivity index (χ4v) is 3.85.